The number of unbranched alkanes of at least 4 members (excludes halogenated alkanes) is 18. The fourth-order valence-electron chi connectivity index (χ4n) is 6.16. The zero-order valence-electron chi connectivity index (χ0n) is 34.0. The molecule has 0 aromatic carbocycles. The molecule has 0 rings (SSSR count). The molecular formula is C45H82O5. The molecule has 0 aliphatic carbocycles. The summed E-state index contributed by atoms with van der Waals surface area (Å²) in [5, 5.41) is 0. The van der Waals surface area contributed by atoms with Gasteiger partial charge >= 0.3 is 6.16 Å². The van der Waals surface area contributed by atoms with Gasteiger partial charge in [0.15, 0.2) is 23.8 Å². The van der Waals surface area contributed by atoms with Gasteiger partial charge in [-0.25, -0.2) is 4.79 Å². The number of allylic oxidation sites excluding steroid dienone is 4. The molecule has 50 heavy (non-hydrogen) atoms. The number of hydrogen-bond acceptors (Lipinski definition) is 5. The molecule has 0 aromatic heterocycles. The summed E-state index contributed by atoms with van der Waals surface area (Å²) in [4.78, 5) is 39.3. The molecule has 292 valence electrons. The first-order valence-electron chi connectivity index (χ1n) is 21.4. The Kier molecular flexibility index (Phi) is 34.1. The summed E-state index contributed by atoms with van der Waals surface area (Å²) in [7, 11) is 0. The third-order valence-corrected chi connectivity index (χ3v) is 9.58. The van der Waals surface area contributed by atoms with Crippen molar-refractivity contribution in [2.75, 3.05) is 0 Å². The van der Waals surface area contributed by atoms with Gasteiger partial charge in [-0.15, -0.1) is 0 Å². The Labute approximate surface area is 310 Å². The highest BCUT2D eigenvalue weighted by atomic mass is 16.7. The van der Waals surface area contributed by atoms with Crippen LogP contribution < -0.4 is 0 Å². The Morgan fingerprint density at radius 1 is 0.420 bits per heavy atom. The SMILES string of the molecule is CCCCCC/C=C\CCCCCCCC(=O)C(CCC(C)C)OC(=O)OC(CCC(C)C)C(=O)CCCCCCC/C=C\CCCCCC. The number of hydrogen-bond donors (Lipinski definition) is 0. The van der Waals surface area contributed by atoms with Gasteiger partial charge in [-0.3, -0.25) is 9.59 Å². The van der Waals surface area contributed by atoms with Crippen molar-refractivity contribution in [2.24, 2.45) is 11.8 Å². The predicted molar refractivity (Wildman–Crippen MR) is 214 cm³/mol. The normalized spacial score (nSPS) is 13.1. The highest BCUT2D eigenvalue weighted by Gasteiger charge is 2.28. The molecule has 0 saturated carbocycles. The van der Waals surface area contributed by atoms with Crippen molar-refractivity contribution in [3.63, 3.8) is 0 Å². The van der Waals surface area contributed by atoms with Crippen molar-refractivity contribution < 1.29 is 23.9 Å². The summed E-state index contributed by atoms with van der Waals surface area (Å²) >= 11 is 0. The fourth-order valence-corrected chi connectivity index (χ4v) is 6.16. The van der Waals surface area contributed by atoms with Gasteiger partial charge in [0.05, 0.1) is 0 Å². The molecule has 0 spiro atoms. The van der Waals surface area contributed by atoms with Gasteiger partial charge in [-0.05, 0) is 102 Å². The van der Waals surface area contributed by atoms with Gasteiger partial charge in [-0.1, -0.05) is 143 Å². The Morgan fingerprint density at radius 2 is 0.720 bits per heavy atom. The van der Waals surface area contributed by atoms with Crippen LogP contribution in [-0.2, 0) is 19.1 Å². The molecule has 0 aromatic rings. The van der Waals surface area contributed by atoms with E-state index in [4.69, 9.17) is 9.47 Å². The van der Waals surface area contributed by atoms with Gasteiger partial charge in [0, 0.05) is 12.8 Å². The summed E-state index contributed by atoms with van der Waals surface area (Å²) in [6, 6.07) is 0. The van der Waals surface area contributed by atoms with Gasteiger partial charge < -0.3 is 9.47 Å². The minimum Gasteiger partial charge on any atom is -0.423 e. The first-order valence-corrected chi connectivity index (χ1v) is 21.4. The average Bonchev–Trinajstić information content (AvgIpc) is 3.08. The molecule has 5 heteroatoms. The van der Waals surface area contributed by atoms with Crippen LogP contribution in [0, 0.1) is 11.8 Å². The Hall–Kier alpha value is -1.91. The molecular weight excluding hydrogens is 620 g/mol. The van der Waals surface area contributed by atoms with Crippen LogP contribution in [0.3, 0.4) is 0 Å². The van der Waals surface area contributed by atoms with E-state index >= 15 is 0 Å². The van der Waals surface area contributed by atoms with E-state index in [2.05, 4.69) is 65.8 Å². The first kappa shape index (κ1) is 48.1. The molecule has 0 N–H and O–H groups in total. The largest absolute Gasteiger partial charge is 0.509 e. The molecule has 0 aliphatic rings. The van der Waals surface area contributed by atoms with Crippen LogP contribution in [0.15, 0.2) is 24.3 Å². The number of carbonyl (C=O) groups is 3. The van der Waals surface area contributed by atoms with Crippen molar-refractivity contribution >= 4 is 17.7 Å². The monoisotopic (exact) mass is 703 g/mol. The van der Waals surface area contributed by atoms with Gasteiger partial charge in [0.2, 0.25) is 0 Å². The Bertz CT molecular complexity index is 790. The highest BCUT2D eigenvalue weighted by Crippen LogP contribution is 2.19. The number of ketones is 2. The van der Waals surface area contributed by atoms with E-state index in [1.54, 1.807) is 0 Å². The molecule has 2 unspecified atom stereocenters. The van der Waals surface area contributed by atoms with E-state index in [1.165, 1.54) is 89.9 Å². The zero-order chi connectivity index (χ0) is 37.1. The predicted octanol–water partition coefficient (Wildman–Crippen LogP) is 14.4. The smallest absolute Gasteiger partial charge is 0.423 e. The minimum absolute atomic E-state index is 0.0267. The molecule has 2 atom stereocenters. The first-order chi connectivity index (χ1) is 24.2. The van der Waals surface area contributed by atoms with E-state index in [0.29, 0.717) is 37.5 Å². The molecule has 0 heterocycles. The highest BCUT2D eigenvalue weighted by molar-refractivity contribution is 5.86. The van der Waals surface area contributed by atoms with Crippen molar-refractivity contribution in [1.82, 2.24) is 0 Å². The average molecular weight is 703 g/mol. The van der Waals surface area contributed by atoms with Crippen LogP contribution in [0.25, 0.3) is 0 Å². The second kappa shape index (κ2) is 35.5. The molecule has 0 bridgehead atoms. The summed E-state index contributed by atoms with van der Waals surface area (Å²) in [6.07, 6.45) is 36.0. The van der Waals surface area contributed by atoms with Crippen molar-refractivity contribution in [3.05, 3.63) is 24.3 Å². The third-order valence-electron chi connectivity index (χ3n) is 9.58. The molecule has 0 saturated heterocycles. The second-order valence-corrected chi connectivity index (χ2v) is 15.6. The number of rotatable bonds is 36. The molecule has 5 nitrogen and oxygen atoms in total. The lowest BCUT2D eigenvalue weighted by Gasteiger charge is -2.21. The van der Waals surface area contributed by atoms with E-state index < -0.39 is 18.4 Å². The van der Waals surface area contributed by atoms with Crippen LogP contribution >= 0.6 is 0 Å². The van der Waals surface area contributed by atoms with Crippen molar-refractivity contribution in [3.8, 4) is 0 Å². The lowest BCUT2D eigenvalue weighted by Crippen LogP contribution is -2.33. The summed E-state index contributed by atoms with van der Waals surface area (Å²) in [6.45, 7) is 12.9. The zero-order valence-corrected chi connectivity index (χ0v) is 34.0. The number of carbonyl (C=O) groups excluding carboxylic acids is 3. The van der Waals surface area contributed by atoms with E-state index in [0.717, 1.165) is 64.2 Å². The Balaban J connectivity index is 4.58. The second-order valence-electron chi connectivity index (χ2n) is 15.6. The maximum absolute atomic E-state index is 13.2. The number of Topliss-reactive ketones (excluding diaryl/α,β-unsaturated/α-hetero) is 2. The van der Waals surface area contributed by atoms with Crippen LogP contribution in [-0.4, -0.2) is 29.9 Å². The standard InChI is InChI=1S/C45H82O5/c1-7-9-11-13-15-17-19-21-23-25-27-29-31-33-41(46)43(37-35-39(3)4)49-45(48)50-44(38-36-40(5)6)42(47)34-32-30-28-26-24-22-20-18-16-14-12-10-8-2/h17-20,39-40,43-44H,7-16,21-38H2,1-6H3/b19-17-,20-18-. The van der Waals surface area contributed by atoms with Crippen LogP contribution in [0.5, 0.6) is 0 Å². The van der Waals surface area contributed by atoms with E-state index in [-0.39, 0.29) is 11.6 Å². The van der Waals surface area contributed by atoms with Crippen LogP contribution in [0.2, 0.25) is 0 Å². The molecule has 0 amide bonds. The lowest BCUT2D eigenvalue weighted by molar-refractivity contribution is -0.133. The van der Waals surface area contributed by atoms with Gasteiger partial charge in [0.25, 0.3) is 0 Å². The maximum Gasteiger partial charge on any atom is 0.509 e. The topological polar surface area (TPSA) is 69.7 Å². The van der Waals surface area contributed by atoms with Gasteiger partial charge in [-0.2, -0.15) is 0 Å². The Morgan fingerprint density at radius 3 is 1.04 bits per heavy atom. The fraction of sp³-hybridized carbons (Fsp3) is 0.844. The maximum atomic E-state index is 13.2. The quantitative estimate of drug-likeness (QED) is 0.0369. The van der Waals surface area contributed by atoms with E-state index in [1.807, 2.05) is 0 Å². The van der Waals surface area contributed by atoms with Crippen LogP contribution in [0.4, 0.5) is 4.79 Å². The lowest BCUT2D eigenvalue weighted by atomic mass is 9.99. The summed E-state index contributed by atoms with van der Waals surface area (Å²) in [5.74, 6) is 0.738. The molecule has 0 aliphatic heterocycles. The minimum atomic E-state index is -0.869. The van der Waals surface area contributed by atoms with Crippen molar-refractivity contribution in [2.45, 2.75) is 234 Å². The summed E-state index contributed by atoms with van der Waals surface area (Å²) < 4.78 is 11.3. The summed E-state index contributed by atoms with van der Waals surface area (Å²) in [5.41, 5.74) is 0. The molecule has 0 radical (unpaired) electrons. The number of ether oxygens (including phenoxy) is 2. The third kappa shape index (κ3) is 32.0. The molecule has 0 fully saturated rings. The van der Waals surface area contributed by atoms with Gasteiger partial charge in [0.1, 0.15) is 0 Å². The van der Waals surface area contributed by atoms with Crippen molar-refractivity contribution in [1.29, 1.82) is 0 Å². The van der Waals surface area contributed by atoms with Crippen LogP contribution in [0.1, 0.15) is 221 Å². The van der Waals surface area contributed by atoms with E-state index in [9.17, 15) is 14.4 Å².